The van der Waals surface area contributed by atoms with Crippen LogP contribution >= 0.6 is 39.9 Å². The van der Waals surface area contributed by atoms with E-state index in [9.17, 15) is 0 Å². The van der Waals surface area contributed by atoms with Gasteiger partial charge in [-0.3, -0.25) is 9.89 Å². The zero-order chi connectivity index (χ0) is 17.5. The molecule has 1 heterocycles. The van der Waals surface area contributed by atoms with Gasteiger partial charge in [-0.15, -0.1) is 24.0 Å². The largest absolute Gasteiger partial charge is 0.355 e. The lowest BCUT2D eigenvalue weighted by Crippen LogP contribution is -2.52. The topological polar surface area (TPSA) is 34.1 Å². The predicted octanol–water partition coefficient (Wildman–Crippen LogP) is 2.71. The summed E-state index contributed by atoms with van der Waals surface area (Å²) in [5.41, 5.74) is 1.26. The predicted molar refractivity (Wildman–Crippen MR) is 121 cm³/mol. The highest BCUT2D eigenvalue weighted by atomic mass is 127. The van der Waals surface area contributed by atoms with E-state index >= 15 is 0 Å². The summed E-state index contributed by atoms with van der Waals surface area (Å²) in [5, 5.41) is 3.52. The molecule has 1 aliphatic heterocycles. The number of hydrogen-bond donors (Lipinski definition) is 1. The SMILES string of the molecule is CN=C(NCC(C)N1CCN(C)CC1)N(C)Cc1ccccc1Br.I. The van der Waals surface area contributed by atoms with Gasteiger partial charge in [-0.2, -0.15) is 0 Å². The molecule has 0 aliphatic carbocycles. The Balaban J connectivity index is 0.00000312. The molecule has 0 spiro atoms. The molecule has 2 rings (SSSR count). The minimum absolute atomic E-state index is 0. The molecule has 0 amide bonds. The summed E-state index contributed by atoms with van der Waals surface area (Å²) in [6.45, 7) is 8.62. The smallest absolute Gasteiger partial charge is 0.193 e. The molecular weight excluding hydrogens is 493 g/mol. The molecule has 0 saturated carbocycles. The second-order valence-corrected chi connectivity index (χ2v) is 7.42. The van der Waals surface area contributed by atoms with Crippen molar-refractivity contribution in [2.45, 2.75) is 19.5 Å². The molecule has 1 aliphatic rings. The number of benzene rings is 1. The third-order valence-corrected chi connectivity index (χ3v) is 5.43. The highest BCUT2D eigenvalue weighted by Crippen LogP contribution is 2.17. The number of likely N-dealkylation sites (N-methyl/N-ethyl adjacent to an activating group) is 1. The monoisotopic (exact) mass is 523 g/mol. The fourth-order valence-electron chi connectivity index (χ4n) is 2.97. The van der Waals surface area contributed by atoms with Crippen molar-refractivity contribution in [3.63, 3.8) is 0 Å². The fourth-order valence-corrected chi connectivity index (χ4v) is 3.38. The lowest BCUT2D eigenvalue weighted by atomic mass is 10.2. The number of piperazine rings is 1. The summed E-state index contributed by atoms with van der Waals surface area (Å²) in [5.74, 6) is 0.937. The third kappa shape index (κ3) is 7.03. The van der Waals surface area contributed by atoms with Gasteiger partial charge < -0.3 is 15.1 Å². The maximum Gasteiger partial charge on any atom is 0.193 e. The molecule has 0 bridgehead atoms. The molecule has 25 heavy (non-hydrogen) atoms. The Kier molecular flexibility index (Phi) is 10.3. The molecule has 0 aromatic heterocycles. The van der Waals surface area contributed by atoms with Gasteiger partial charge in [-0.05, 0) is 25.6 Å². The van der Waals surface area contributed by atoms with Crippen LogP contribution in [0, 0.1) is 0 Å². The van der Waals surface area contributed by atoms with Gasteiger partial charge in [0.25, 0.3) is 0 Å². The maximum atomic E-state index is 4.43. The molecule has 1 N–H and O–H groups in total. The zero-order valence-electron chi connectivity index (χ0n) is 15.7. The number of rotatable bonds is 5. The van der Waals surface area contributed by atoms with Crippen LogP contribution in [0.5, 0.6) is 0 Å². The molecule has 1 aromatic rings. The lowest BCUT2D eigenvalue weighted by Gasteiger charge is -2.37. The van der Waals surface area contributed by atoms with Crippen LogP contribution in [0.15, 0.2) is 33.7 Å². The molecule has 1 fully saturated rings. The minimum Gasteiger partial charge on any atom is -0.355 e. The first-order chi connectivity index (χ1) is 11.5. The Hall–Kier alpha value is -0.380. The third-order valence-electron chi connectivity index (χ3n) is 4.66. The molecule has 5 nitrogen and oxygen atoms in total. The van der Waals surface area contributed by atoms with E-state index in [2.05, 4.69) is 80.2 Å². The van der Waals surface area contributed by atoms with Gasteiger partial charge >= 0.3 is 0 Å². The Morgan fingerprint density at radius 2 is 1.92 bits per heavy atom. The van der Waals surface area contributed by atoms with E-state index in [0.717, 1.165) is 49.7 Å². The Morgan fingerprint density at radius 3 is 2.52 bits per heavy atom. The second-order valence-electron chi connectivity index (χ2n) is 6.56. The van der Waals surface area contributed by atoms with Crippen molar-refractivity contribution in [2.24, 2.45) is 4.99 Å². The van der Waals surface area contributed by atoms with Gasteiger partial charge in [0.1, 0.15) is 0 Å². The standard InChI is InChI=1S/C18H30BrN5.HI/c1-15(24-11-9-22(3)10-12-24)13-21-18(20-2)23(4)14-16-7-5-6-8-17(16)19;/h5-8,15H,9-14H2,1-4H3,(H,20,21);1H. The van der Waals surface area contributed by atoms with E-state index in [1.165, 1.54) is 5.56 Å². The van der Waals surface area contributed by atoms with Crippen LogP contribution in [0.25, 0.3) is 0 Å². The van der Waals surface area contributed by atoms with Crippen LogP contribution in [0.3, 0.4) is 0 Å². The van der Waals surface area contributed by atoms with E-state index < -0.39 is 0 Å². The van der Waals surface area contributed by atoms with Crippen LogP contribution in [-0.4, -0.2) is 80.6 Å². The van der Waals surface area contributed by atoms with Crippen LogP contribution < -0.4 is 5.32 Å². The number of aliphatic imine (C=N–C) groups is 1. The zero-order valence-corrected chi connectivity index (χ0v) is 19.6. The van der Waals surface area contributed by atoms with E-state index in [0.29, 0.717) is 6.04 Å². The highest BCUT2D eigenvalue weighted by Gasteiger charge is 2.19. The van der Waals surface area contributed by atoms with Crippen molar-refractivity contribution in [2.75, 3.05) is 53.9 Å². The van der Waals surface area contributed by atoms with Crippen molar-refractivity contribution in [3.05, 3.63) is 34.3 Å². The van der Waals surface area contributed by atoms with Crippen LogP contribution in [0.1, 0.15) is 12.5 Å². The summed E-state index contributed by atoms with van der Waals surface area (Å²) in [6.07, 6.45) is 0. The second kappa shape index (κ2) is 11.4. The Bertz CT molecular complexity index is 546. The van der Waals surface area contributed by atoms with Gasteiger partial charge in [0.15, 0.2) is 5.96 Å². The minimum atomic E-state index is 0. The molecule has 1 aromatic carbocycles. The number of nitrogens with one attached hydrogen (secondary N) is 1. The molecule has 1 unspecified atom stereocenters. The van der Waals surface area contributed by atoms with Crippen molar-refractivity contribution in [3.8, 4) is 0 Å². The van der Waals surface area contributed by atoms with Gasteiger partial charge in [0.2, 0.25) is 0 Å². The first kappa shape index (κ1) is 22.7. The van der Waals surface area contributed by atoms with E-state index in [-0.39, 0.29) is 24.0 Å². The summed E-state index contributed by atoms with van der Waals surface area (Å²) in [4.78, 5) is 11.5. The number of guanidine groups is 1. The van der Waals surface area contributed by atoms with Crippen LogP contribution in [0.4, 0.5) is 0 Å². The van der Waals surface area contributed by atoms with Crippen molar-refractivity contribution in [1.82, 2.24) is 20.0 Å². The molecule has 1 saturated heterocycles. The average molecular weight is 524 g/mol. The first-order valence-corrected chi connectivity index (χ1v) is 9.38. The Morgan fingerprint density at radius 1 is 1.28 bits per heavy atom. The van der Waals surface area contributed by atoms with Crippen molar-refractivity contribution >= 4 is 45.9 Å². The van der Waals surface area contributed by atoms with Gasteiger partial charge in [-0.25, -0.2) is 0 Å². The number of hydrogen-bond acceptors (Lipinski definition) is 3. The summed E-state index contributed by atoms with van der Waals surface area (Å²) in [7, 11) is 6.12. The fraction of sp³-hybridized carbons (Fsp3) is 0.611. The van der Waals surface area contributed by atoms with Gasteiger partial charge in [-0.1, -0.05) is 34.1 Å². The summed E-state index contributed by atoms with van der Waals surface area (Å²) in [6, 6.07) is 8.83. The van der Waals surface area contributed by atoms with Gasteiger partial charge in [0, 0.05) is 63.9 Å². The average Bonchev–Trinajstić information content (AvgIpc) is 2.58. The lowest BCUT2D eigenvalue weighted by molar-refractivity contribution is 0.119. The molecule has 1 atom stereocenters. The van der Waals surface area contributed by atoms with E-state index in [1.54, 1.807) is 0 Å². The van der Waals surface area contributed by atoms with Crippen LogP contribution in [0.2, 0.25) is 0 Å². The summed E-state index contributed by atoms with van der Waals surface area (Å²) >= 11 is 3.62. The number of halogens is 2. The Labute approximate surface area is 178 Å². The van der Waals surface area contributed by atoms with Crippen molar-refractivity contribution in [1.29, 1.82) is 0 Å². The molecule has 142 valence electrons. The van der Waals surface area contributed by atoms with Crippen LogP contribution in [-0.2, 0) is 6.54 Å². The quantitative estimate of drug-likeness (QED) is 0.365. The normalized spacial score (nSPS) is 17.7. The summed E-state index contributed by atoms with van der Waals surface area (Å²) < 4.78 is 1.14. The molecule has 7 heteroatoms. The van der Waals surface area contributed by atoms with E-state index in [1.807, 2.05) is 13.1 Å². The molecular formula is C18H31BrIN5. The molecule has 0 radical (unpaired) electrons. The highest BCUT2D eigenvalue weighted by molar-refractivity contribution is 14.0. The first-order valence-electron chi connectivity index (χ1n) is 8.59. The van der Waals surface area contributed by atoms with Gasteiger partial charge in [0.05, 0.1) is 0 Å². The van der Waals surface area contributed by atoms with E-state index in [4.69, 9.17) is 0 Å². The number of nitrogens with zero attached hydrogens (tertiary/aromatic N) is 4. The maximum absolute atomic E-state index is 4.43. The van der Waals surface area contributed by atoms with Crippen molar-refractivity contribution < 1.29 is 0 Å².